The first kappa shape index (κ1) is 37.3. The predicted molar refractivity (Wildman–Crippen MR) is 194 cm³/mol. The molecule has 2 aromatic rings. The van der Waals surface area contributed by atoms with Crippen LogP contribution in [0.15, 0.2) is 58.3 Å². The molecule has 2 aromatic carbocycles. The monoisotopic (exact) mass is 610 g/mol. The van der Waals surface area contributed by atoms with Gasteiger partial charge in [-0.1, -0.05) is 213 Å². The Morgan fingerprint density at radius 1 is 0.333 bits per heavy atom. The van der Waals surface area contributed by atoms with Gasteiger partial charge in [-0.2, -0.15) is 0 Å². The summed E-state index contributed by atoms with van der Waals surface area (Å²) in [4.78, 5) is 2.93. The average Bonchev–Trinajstić information content (AvgIpc) is 3.02. The normalized spacial score (nSPS) is 11.4. The van der Waals surface area contributed by atoms with Gasteiger partial charge in [0, 0.05) is 9.79 Å². The molecule has 0 saturated heterocycles. The Balaban J connectivity index is 1.58. The zero-order valence-electron chi connectivity index (χ0n) is 27.8. The third-order valence-corrected chi connectivity index (χ3v) is 11.3. The highest BCUT2D eigenvalue weighted by Crippen LogP contribution is 2.41. The van der Waals surface area contributed by atoms with Crippen molar-refractivity contribution in [3.63, 3.8) is 0 Å². The van der Waals surface area contributed by atoms with Gasteiger partial charge in [-0.05, 0) is 48.9 Å². The summed E-state index contributed by atoms with van der Waals surface area (Å²) >= 11 is 0. The summed E-state index contributed by atoms with van der Waals surface area (Å²) < 4.78 is 0. The molecule has 0 aliphatic carbocycles. The second-order valence-corrected chi connectivity index (χ2v) is 14.9. The maximum Gasteiger partial charge on any atom is 0.0218 e. The first-order valence-electron chi connectivity index (χ1n) is 18.4. The van der Waals surface area contributed by atoms with Gasteiger partial charge in [0.05, 0.1) is 0 Å². The summed E-state index contributed by atoms with van der Waals surface area (Å²) in [6.07, 6.45) is 36.5. The van der Waals surface area contributed by atoms with Crippen molar-refractivity contribution >= 4 is 21.6 Å². The van der Waals surface area contributed by atoms with Crippen molar-refractivity contribution in [3.8, 4) is 0 Å². The van der Waals surface area contributed by atoms with E-state index in [2.05, 4.69) is 62.4 Å². The van der Waals surface area contributed by atoms with Crippen LogP contribution < -0.4 is 0 Å². The van der Waals surface area contributed by atoms with E-state index in [9.17, 15) is 0 Å². The number of benzene rings is 2. The zero-order chi connectivity index (χ0) is 29.8. The van der Waals surface area contributed by atoms with Gasteiger partial charge < -0.3 is 0 Å². The largest absolute Gasteiger partial charge is 0.0654 e. The van der Waals surface area contributed by atoms with Crippen LogP contribution in [0.3, 0.4) is 0 Å². The van der Waals surface area contributed by atoms with E-state index in [4.69, 9.17) is 0 Å². The molecule has 0 spiro atoms. The number of unbranched alkanes of at least 4 members (excludes halogenated alkanes) is 22. The molecule has 2 heteroatoms. The standard InChI is InChI=1S/C40H66S2/c1-3-5-7-9-11-13-15-17-19-21-23-25-31-37-33-27-29-35-39(37)41-42-40-36-30-28-34-38(40)32-26-24-22-20-18-16-14-12-10-8-6-4-2/h27-30,33-36H,3-26,31-32H2,1-2H3. The molecule has 0 atom stereocenters. The summed E-state index contributed by atoms with van der Waals surface area (Å²) in [6, 6.07) is 18.3. The molecule has 0 heterocycles. The molecule has 0 bridgehead atoms. The molecule has 0 radical (unpaired) electrons. The van der Waals surface area contributed by atoms with Gasteiger partial charge in [-0.3, -0.25) is 0 Å². The quantitative estimate of drug-likeness (QED) is 0.0664. The van der Waals surface area contributed by atoms with Crippen LogP contribution in [-0.2, 0) is 12.8 Å². The van der Waals surface area contributed by atoms with Crippen molar-refractivity contribution in [2.75, 3.05) is 0 Å². The van der Waals surface area contributed by atoms with Gasteiger partial charge in [0.1, 0.15) is 0 Å². The van der Waals surface area contributed by atoms with Crippen molar-refractivity contribution in [3.05, 3.63) is 59.7 Å². The lowest BCUT2D eigenvalue weighted by molar-refractivity contribution is 0.543. The van der Waals surface area contributed by atoms with Gasteiger partial charge in [-0.25, -0.2) is 0 Å². The Kier molecular flexibility index (Phi) is 24.6. The molecule has 0 unspecified atom stereocenters. The Morgan fingerprint density at radius 3 is 0.905 bits per heavy atom. The Bertz CT molecular complexity index is 789. The average molecular weight is 611 g/mol. The topological polar surface area (TPSA) is 0 Å². The third kappa shape index (κ3) is 19.4. The highest BCUT2D eigenvalue weighted by molar-refractivity contribution is 8.76. The Hall–Kier alpha value is -0.860. The van der Waals surface area contributed by atoms with Crippen molar-refractivity contribution in [1.82, 2.24) is 0 Å². The molecule has 0 aromatic heterocycles. The van der Waals surface area contributed by atoms with E-state index in [1.54, 1.807) is 11.1 Å². The lowest BCUT2D eigenvalue weighted by atomic mass is 10.0. The van der Waals surface area contributed by atoms with Gasteiger partial charge in [-0.15, -0.1) is 0 Å². The fourth-order valence-corrected chi connectivity index (χ4v) is 8.50. The van der Waals surface area contributed by atoms with E-state index in [1.807, 2.05) is 21.6 Å². The van der Waals surface area contributed by atoms with Crippen LogP contribution in [0.4, 0.5) is 0 Å². The molecule has 238 valence electrons. The zero-order valence-corrected chi connectivity index (χ0v) is 29.5. The fraction of sp³-hybridized carbons (Fsp3) is 0.700. The first-order chi connectivity index (χ1) is 20.8. The van der Waals surface area contributed by atoms with Gasteiger partial charge in [0.2, 0.25) is 0 Å². The van der Waals surface area contributed by atoms with Crippen molar-refractivity contribution < 1.29 is 0 Å². The van der Waals surface area contributed by atoms with Gasteiger partial charge in [0.25, 0.3) is 0 Å². The smallest absolute Gasteiger partial charge is 0.0218 e. The lowest BCUT2D eigenvalue weighted by Gasteiger charge is -2.11. The maximum atomic E-state index is 2.36. The van der Waals surface area contributed by atoms with Crippen molar-refractivity contribution in [2.24, 2.45) is 0 Å². The van der Waals surface area contributed by atoms with Crippen LogP contribution in [0, 0.1) is 0 Å². The summed E-state index contributed by atoms with van der Waals surface area (Å²) in [5.41, 5.74) is 3.08. The van der Waals surface area contributed by atoms with Crippen LogP contribution in [0.1, 0.15) is 179 Å². The van der Waals surface area contributed by atoms with Crippen LogP contribution in [-0.4, -0.2) is 0 Å². The number of hydrogen-bond acceptors (Lipinski definition) is 2. The molecule has 0 N–H and O–H groups in total. The predicted octanol–water partition coefficient (Wildman–Crippen LogP) is 15.0. The highest BCUT2D eigenvalue weighted by atomic mass is 33.1. The number of hydrogen-bond donors (Lipinski definition) is 0. The SMILES string of the molecule is CCCCCCCCCCCCCCc1ccccc1SSc1ccccc1CCCCCCCCCCCCCC. The molecular formula is C40H66S2. The van der Waals surface area contributed by atoms with Crippen LogP contribution >= 0.6 is 21.6 Å². The highest BCUT2D eigenvalue weighted by Gasteiger charge is 2.08. The van der Waals surface area contributed by atoms with E-state index in [-0.39, 0.29) is 0 Å². The van der Waals surface area contributed by atoms with Gasteiger partial charge in [0.15, 0.2) is 0 Å². The second-order valence-electron chi connectivity index (χ2n) is 12.7. The van der Waals surface area contributed by atoms with Crippen LogP contribution in [0.5, 0.6) is 0 Å². The van der Waals surface area contributed by atoms with Crippen molar-refractivity contribution in [2.45, 2.75) is 191 Å². The molecule has 0 saturated carbocycles. The molecule has 0 amide bonds. The van der Waals surface area contributed by atoms with Gasteiger partial charge >= 0.3 is 0 Å². The maximum absolute atomic E-state index is 2.36. The summed E-state index contributed by atoms with van der Waals surface area (Å²) in [6.45, 7) is 4.61. The molecule has 2 rings (SSSR count). The lowest BCUT2D eigenvalue weighted by Crippen LogP contribution is -1.90. The second kappa shape index (κ2) is 27.7. The van der Waals surface area contributed by atoms with E-state index in [0.29, 0.717) is 0 Å². The minimum Gasteiger partial charge on any atom is -0.0654 e. The first-order valence-corrected chi connectivity index (χ1v) is 20.5. The summed E-state index contributed by atoms with van der Waals surface area (Å²) in [7, 11) is 3.95. The van der Waals surface area contributed by atoms with E-state index in [1.165, 1.54) is 177 Å². The molecule has 0 aliphatic rings. The molecule has 0 aliphatic heterocycles. The third-order valence-electron chi connectivity index (χ3n) is 8.77. The van der Waals surface area contributed by atoms with Crippen molar-refractivity contribution in [1.29, 1.82) is 0 Å². The fourth-order valence-electron chi connectivity index (χ4n) is 5.99. The van der Waals surface area contributed by atoms with E-state index < -0.39 is 0 Å². The van der Waals surface area contributed by atoms with Crippen LogP contribution in [0.2, 0.25) is 0 Å². The van der Waals surface area contributed by atoms with Crippen LogP contribution in [0.25, 0.3) is 0 Å². The Labute approximate surface area is 270 Å². The Morgan fingerprint density at radius 2 is 0.595 bits per heavy atom. The number of aryl methyl sites for hydroxylation is 2. The van der Waals surface area contributed by atoms with E-state index >= 15 is 0 Å². The minimum absolute atomic E-state index is 1.22. The summed E-state index contributed by atoms with van der Waals surface area (Å²) in [5, 5.41) is 0. The molecule has 0 fully saturated rings. The molecule has 42 heavy (non-hydrogen) atoms. The summed E-state index contributed by atoms with van der Waals surface area (Å²) in [5.74, 6) is 0. The minimum atomic E-state index is 1.22. The number of rotatable bonds is 29. The molecule has 0 nitrogen and oxygen atoms in total. The molecular weight excluding hydrogens is 545 g/mol. The van der Waals surface area contributed by atoms with E-state index in [0.717, 1.165) is 0 Å².